The average Bonchev–Trinajstić information content (AvgIpc) is 3.03. The highest BCUT2D eigenvalue weighted by Gasteiger charge is 2.52. The molecule has 25 heavy (non-hydrogen) atoms. The molecule has 2 fully saturated rings. The third kappa shape index (κ3) is 3.19. The second-order valence-electron chi connectivity index (χ2n) is 7.77. The van der Waals surface area contributed by atoms with Crippen LogP contribution in [0.5, 0.6) is 0 Å². The Labute approximate surface area is 151 Å². The molecule has 0 radical (unpaired) electrons. The first-order valence-electron chi connectivity index (χ1n) is 9.71. The average molecular weight is 342 g/mol. The van der Waals surface area contributed by atoms with Crippen molar-refractivity contribution in [3.8, 4) is 0 Å². The summed E-state index contributed by atoms with van der Waals surface area (Å²) in [6, 6.07) is 7.90. The van der Waals surface area contributed by atoms with Crippen molar-refractivity contribution < 1.29 is 9.59 Å². The molecule has 2 aliphatic heterocycles. The lowest BCUT2D eigenvalue weighted by molar-refractivity contribution is -0.145. The predicted octanol–water partition coefficient (Wildman–Crippen LogP) is 3.82. The van der Waals surface area contributed by atoms with Gasteiger partial charge in [0.2, 0.25) is 5.91 Å². The molecule has 2 saturated heterocycles. The maximum Gasteiger partial charge on any atom is 0.254 e. The van der Waals surface area contributed by atoms with Crippen molar-refractivity contribution >= 4 is 11.8 Å². The summed E-state index contributed by atoms with van der Waals surface area (Å²) >= 11 is 0. The Morgan fingerprint density at radius 1 is 1.20 bits per heavy atom. The Morgan fingerprint density at radius 2 is 1.92 bits per heavy atom. The number of hydrogen-bond donors (Lipinski definition) is 0. The van der Waals surface area contributed by atoms with E-state index in [-0.39, 0.29) is 11.8 Å². The Morgan fingerprint density at radius 3 is 2.60 bits per heavy atom. The summed E-state index contributed by atoms with van der Waals surface area (Å²) in [5, 5.41) is 0. The first kappa shape index (κ1) is 18.0. The zero-order valence-corrected chi connectivity index (χ0v) is 15.8. The lowest BCUT2D eigenvalue weighted by Gasteiger charge is -2.44. The van der Waals surface area contributed by atoms with Gasteiger partial charge < -0.3 is 9.80 Å². The van der Waals surface area contributed by atoms with Crippen molar-refractivity contribution in [2.24, 2.45) is 0 Å². The molecule has 0 aliphatic carbocycles. The van der Waals surface area contributed by atoms with Gasteiger partial charge in [0.1, 0.15) is 5.54 Å². The summed E-state index contributed by atoms with van der Waals surface area (Å²) in [5.41, 5.74) is 1.28. The minimum absolute atomic E-state index is 0.0201. The van der Waals surface area contributed by atoms with E-state index in [2.05, 4.69) is 26.8 Å². The third-order valence-corrected chi connectivity index (χ3v) is 5.73. The van der Waals surface area contributed by atoms with E-state index in [1.54, 1.807) is 0 Å². The zero-order valence-electron chi connectivity index (χ0n) is 15.8. The van der Waals surface area contributed by atoms with Crippen LogP contribution >= 0.6 is 0 Å². The molecule has 1 spiro atoms. The van der Waals surface area contributed by atoms with Gasteiger partial charge in [-0.2, -0.15) is 0 Å². The largest absolute Gasteiger partial charge is 0.341 e. The van der Waals surface area contributed by atoms with Crippen LogP contribution in [0.3, 0.4) is 0 Å². The fourth-order valence-corrected chi connectivity index (χ4v) is 4.39. The normalized spacial score (nSPS) is 23.8. The van der Waals surface area contributed by atoms with Crippen LogP contribution in [0.4, 0.5) is 0 Å². The molecule has 0 bridgehead atoms. The van der Waals surface area contributed by atoms with E-state index >= 15 is 0 Å². The van der Waals surface area contributed by atoms with Gasteiger partial charge in [0.25, 0.3) is 5.91 Å². The number of carbonyl (C=O) groups excluding carboxylic acids is 2. The monoisotopic (exact) mass is 342 g/mol. The molecule has 1 aromatic rings. The third-order valence-electron chi connectivity index (χ3n) is 5.73. The van der Waals surface area contributed by atoms with Crippen LogP contribution in [-0.4, -0.2) is 46.8 Å². The quantitative estimate of drug-likeness (QED) is 0.835. The standard InChI is InChI=1S/C21H30N2O2/c1-4-12-22-13-6-10-21(20(22)25)11-7-14-23(21)19(24)18-9-5-8-17(15-18)16(2)3/h5,8-9,15-16H,4,6-7,10-14H2,1-3H3. The van der Waals surface area contributed by atoms with Gasteiger partial charge in [-0.25, -0.2) is 0 Å². The molecule has 0 aromatic heterocycles. The molecule has 4 nitrogen and oxygen atoms in total. The number of rotatable bonds is 4. The first-order chi connectivity index (χ1) is 12.0. The minimum Gasteiger partial charge on any atom is -0.341 e. The van der Waals surface area contributed by atoms with E-state index < -0.39 is 5.54 Å². The summed E-state index contributed by atoms with van der Waals surface area (Å²) in [6.45, 7) is 8.69. The molecule has 1 atom stereocenters. The second kappa shape index (κ2) is 7.19. The Bertz CT molecular complexity index is 653. The molecule has 0 N–H and O–H groups in total. The van der Waals surface area contributed by atoms with Gasteiger partial charge in [0.15, 0.2) is 0 Å². The van der Waals surface area contributed by atoms with Crippen LogP contribution in [0, 0.1) is 0 Å². The van der Waals surface area contributed by atoms with Crippen LogP contribution < -0.4 is 0 Å². The van der Waals surface area contributed by atoms with Crippen molar-refractivity contribution in [3.63, 3.8) is 0 Å². The van der Waals surface area contributed by atoms with E-state index in [0.29, 0.717) is 18.0 Å². The Hall–Kier alpha value is -1.84. The van der Waals surface area contributed by atoms with Crippen molar-refractivity contribution in [1.29, 1.82) is 0 Å². The highest BCUT2D eigenvalue weighted by atomic mass is 16.2. The maximum atomic E-state index is 13.3. The number of hydrogen-bond acceptors (Lipinski definition) is 2. The van der Waals surface area contributed by atoms with Gasteiger partial charge >= 0.3 is 0 Å². The van der Waals surface area contributed by atoms with Crippen molar-refractivity contribution in [2.45, 2.75) is 64.3 Å². The molecular weight excluding hydrogens is 312 g/mol. The zero-order chi connectivity index (χ0) is 18.0. The summed E-state index contributed by atoms with van der Waals surface area (Å²) in [7, 11) is 0. The lowest BCUT2D eigenvalue weighted by atomic mass is 9.85. The number of amides is 2. The Kier molecular flexibility index (Phi) is 5.16. The van der Waals surface area contributed by atoms with Gasteiger partial charge in [-0.1, -0.05) is 32.9 Å². The van der Waals surface area contributed by atoms with Crippen molar-refractivity contribution in [1.82, 2.24) is 9.80 Å². The molecule has 3 rings (SSSR count). The molecular formula is C21H30N2O2. The van der Waals surface area contributed by atoms with Gasteiger partial charge in [-0.3, -0.25) is 9.59 Å². The fourth-order valence-electron chi connectivity index (χ4n) is 4.39. The highest BCUT2D eigenvalue weighted by Crippen LogP contribution is 2.39. The molecule has 4 heteroatoms. The number of benzene rings is 1. The number of piperidine rings is 1. The molecule has 1 unspecified atom stereocenters. The van der Waals surface area contributed by atoms with Gasteiger partial charge in [0.05, 0.1) is 0 Å². The van der Waals surface area contributed by atoms with Gasteiger partial charge in [0, 0.05) is 25.2 Å². The molecule has 2 amide bonds. The predicted molar refractivity (Wildman–Crippen MR) is 99.6 cm³/mol. The lowest BCUT2D eigenvalue weighted by Crippen LogP contribution is -2.61. The van der Waals surface area contributed by atoms with Crippen LogP contribution in [0.25, 0.3) is 0 Å². The van der Waals surface area contributed by atoms with Crippen LogP contribution in [0.2, 0.25) is 0 Å². The summed E-state index contributed by atoms with van der Waals surface area (Å²) in [4.78, 5) is 30.3. The van der Waals surface area contributed by atoms with E-state index in [9.17, 15) is 9.59 Å². The van der Waals surface area contributed by atoms with Gasteiger partial charge in [-0.05, 0) is 55.7 Å². The SMILES string of the molecule is CCCN1CCCC2(CCCN2C(=O)c2cccc(C(C)C)c2)C1=O. The summed E-state index contributed by atoms with van der Waals surface area (Å²) < 4.78 is 0. The smallest absolute Gasteiger partial charge is 0.254 e. The van der Waals surface area contributed by atoms with Gasteiger partial charge in [-0.15, -0.1) is 0 Å². The van der Waals surface area contributed by atoms with E-state index in [1.165, 1.54) is 5.56 Å². The topological polar surface area (TPSA) is 40.6 Å². The van der Waals surface area contributed by atoms with Crippen molar-refractivity contribution in [2.75, 3.05) is 19.6 Å². The molecule has 136 valence electrons. The maximum absolute atomic E-state index is 13.3. The van der Waals surface area contributed by atoms with E-state index in [1.807, 2.05) is 28.0 Å². The molecule has 2 heterocycles. The minimum atomic E-state index is -0.599. The van der Waals surface area contributed by atoms with Crippen LogP contribution in [0.15, 0.2) is 24.3 Å². The summed E-state index contributed by atoms with van der Waals surface area (Å²) in [6.07, 6.45) is 4.48. The fraction of sp³-hybridized carbons (Fsp3) is 0.619. The number of carbonyl (C=O) groups is 2. The molecule has 2 aliphatic rings. The summed E-state index contributed by atoms with van der Waals surface area (Å²) in [5.74, 6) is 0.579. The van der Waals surface area contributed by atoms with Crippen LogP contribution in [0.1, 0.15) is 74.7 Å². The number of nitrogens with zero attached hydrogens (tertiary/aromatic N) is 2. The molecule has 0 saturated carbocycles. The van der Waals surface area contributed by atoms with Crippen LogP contribution in [-0.2, 0) is 4.79 Å². The highest BCUT2D eigenvalue weighted by molar-refractivity contribution is 6.00. The number of likely N-dealkylation sites (tertiary alicyclic amines) is 2. The molecule has 1 aromatic carbocycles. The Balaban J connectivity index is 1.89. The van der Waals surface area contributed by atoms with E-state index in [4.69, 9.17) is 0 Å². The van der Waals surface area contributed by atoms with E-state index in [0.717, 1.165) is 45.2 Å². The van der Waals surface area contributed by atoms with Crippen molar-refractivity contribution in [3.05, 3.63) is 35.4 Å². The second-order valence-corrected chi connectivity index (χ2v) is 7.77. The first-order valence-corrected chi connectivity index (χ1v) is 9.71.